The van der Waals surface area contributed by atoms with Gasteiger partial charge in [-0.25, -0.2) is 0 Å². The fourth-order valence-corrected chi connectivity index (χ4v) is 2.62. The molecule has 1 fully saturated rings. The van der Waals surface area contributed by atoms with Crippen molar-refractivity contribution in [2.24, 2.45) is 0 Å². The summed E-state index contributed by atoms with van der Waals surface area (Å²) >= 11 is 3.59. The summed E-state index contributed by atoms with van der Waals surface area (Å²) in [7, 11) is 0. The molecule has 1 aliphatic rings. The summed E-state index contributed by atoms with van der Waals surface area (Å²) in [6, 6.07) is 7.30. The largest absolute Gasteiger partial charge is 0.492 e. The lowest BCUT2D eigenvalue weighted by Gasteiger charge is -2.09. The van der Waals surface area contributed by atoms with Crippen molar-refractivity contribution in [1.82, 2.24) is 5.32 Å². The molecule has 106 valence electrons. The van der Waals surface area contributed by atoms with Crippen molar-refractivity contribution in [3.8, 4) is 5.75 Å². The first kappa shape index (κ1) is 14.9. The Morgan fingerprint density at radius 3 is 2.84 bits per heavy atom. The third-order valence-electron chi connectivity index (χ3n) is 3.36. The molecule has 1 N–H and O–H groups in total. The van der Waals surface area contributed by atoms with Gasteiger partial charge in [-0.05, 0) is 78.7 Å². The lowest BCUT2D eigenvalue weighted by molar-refractivity contribution is 0.315. The number of benzene rings is 1. The summed E-state index contributed by atoms with van der Waals surface area (Å²) in [6.45, 7) is 4.08. The molecule has 19 heavy (non-hydrogen) atoms. The van der Waals surface area contributed by atoms with Crippen LogP contribution in [0.4, 0.5) is 0 Å². The van der Waals surface area contributed by atoms with Gasteiger partial charge in [0.25, 0.3) is 0 Å². The summed E-state index contributed by atoms with van der Waals surface area (Å²) in [5.74, 6) is 0.959. The topological polar surface area (TPSA) is 21.3 Å². The lowest BCUT2D eigenvalue weighted by Crippen LogP contribution is -2.17. The Hall–Kier alpha value is -0.540. The minimum atomic E-state index is 0.783. The first-order valence-corrected chi connectivity index (χ1v) is 8.23. The molecule has 0 bridgehead atoms. The third kappa shape index (κ3) is 5.53. The van der Waals surface area contributed by atoms with E-state index in [2.05, 4.69) is 46.4 Å². The van der Waals surface area contributed by atoms with Crippen molar-refractivity contribution in [2.75, 3.05) is 13.2 Å². The lowest BCUT2D eigenvalue weighted by atomic mass is 10.1. The van der Waals surface area contributed by atoms with E-state index in [-0.39, 0.29) is 0 Å². The molecule has 2 nitrogen and oxygen atoms in total. The molecular weight excluding hydrogens is 302 g/mol. The fourth-order valence-electron chi connectivity index (χ4n) is 2.08. The molecule has 1 saturated carbocycles. The molecule has 0 atom stereocenters. The van der Waals surface area contributed by atoms with Crippen LogP contribution in [0, 0.1) is 0 Å². The van der Waals surface area contributed by atoms with Crippen LogP contribution in [0.3, 0.4) is 0 Å². The Balaban J connectivity index is 1.68. The molecule has 0 aliphatic heterocycles. The summed E-state index contributed by atoms with van der Waals surface area (Å²) in [4.78, 5) is 0. The highest BCUT2D eigenvalue weighted by Gasteiger charge is 2.19. The Kier molecular flexibility index (Phi) is 6.18. The van der Waals surface area contributed by atoms with Crippen LogP contribution in [0.5, 0.6) is 5.75 Å². The van der Waals surface area contributed by atoms with Gasteiger partial charge in [-0.15, -0.1) is 0 Å². The van der Waals surface area contributed by atoms with Crippen LogP contribution in [-0.4, -0.2) is 19.2 Å². The van der Waals surface area contributed by atoms with Crippen molar-refractivity contribution in [3.63, 3.8) is 0 Å². The molecule has 1 aromatic carbocycles. The van der Waals surface area contributed by atoms with Gasteiger partial charge in [0.15, 0.2) is 0 Å². The predicted octanol–water partition coefficient (Wildman–Crippen LogP) is 4.31. The van der Waals surface area contributed by atoms with Gasteiger partial charge in [0.05, 0.1) is 11.1 Å². The minimum absolute atomic E-state index is 0.783. The van der Waals surface area contributed by atoms with Crippen molar-refractivity contribution in [1.29, 1.82) is 0 Å². The molecule has 1 aromatic rings. The van der Waals surface area contributed by atoms with Gasteiger partial charge in [0.2, 0.25) is 0 Å². The average molecular weight is 326 g/mol. The SMILES string of the molecule is CCCOc1ccc(CCCCNC2CC2)cc1Br. The Labute approximate surface area is 125 Å². The number of rotatable bonds is 9. The van der Waals surface area contributed by atoms with Crippen molar-refractivity contribution >= 4 is 15.9 Å². The second-order valence-corrected chi connectivity index (χ2v) is 6.15. The molecule has 0 aromatic heterocycles. The minimum Gasteiger partial charge on any atom is -0.492 e. The van der Waals surface area contributed by atoms with Gasteiger partial charge >= 0.3 is 0 Å². The normalized spacial score (nSPS) is 14.6. The molecular formula is C16H24BrNO. The maximum atomic E-state index is 5.66. The van der Waals surface area contributed by atoms with E-state index in [0.717, 1.165) is 35.7 Å². The molecule has 0 amide bonds. The average Bonchev–Trinajstić information content (AvgIpc) is 3.21. The second-order valence-electron chi connectivity index (χ2n) is 5.30. The number of hydrogen-bond donors (Lipinski definition) is 1. The molecule has 0 unspecified atom stereocenters. The zero-order valence-corrected chi connectivity index (χ0v) is 13.3. The Morgan fingerprint density at radius 2 is 2.16 bits per heavy atom. The predicted molar refractivity (Wildman–Crippen MR) is 83.9 cm³/mol. The van der Waals surface area contributed by atoms with E-state index in [1.54, 1.807) is 0 Å². The zero-order valence-electron chi connectivity index (χ0n) is 11.8. The van der Waals surface area contributed by atoms with Crippen LogP contribution in [0.1, 0.15) is 44.6 Å². The first-order chi connectivity index (χ1) is 9.29. The van der Waals surface area contributed by atoms with Crippen LogP contribution < -0.4 is 10.1 Å². The highest BCUT2D eigenvalue weighted by atomic mass is 79.9. The van der Waals surface area contributed by atoms with Crippen molar-refractivity contribution < 1.29 is 4.74 Å². The second kappa shape index (κ2) is 7.91. The Bertz CT molecular complexity index is 390. The summed E-state index contributed by atoms with van der Waals surface area (Å²) in [6.07, 6.45) is 7.48. The van der Waals surface area contributed by atoms with Gasteiger partial charge < -0.3 is 10.1 Å². The number of ether oxygens (including phenoxy) is 1. The van der Waals surface area contributed by atoms with Crippen LogP contribution >= 0.6 is 15.9 Å². The van der Waals surface area contributed by atoms with Gasteiger partial charge in [-0.2, -0.15) is 0 Å². The molecule has 1 aliphatic carbocycles. The molecule has 3 heteroatoms. The quantitative estimate of drug-likeness (QED) is 0.683. The molecule has 0 spiro atoms. The van der Waals surface area contributed by atoms with Gasteiger partial charge in [-0.3, -0.25) is 0 Å². The summed E-state index contributed by atoms with van der Waals surface area (Å²) in [5.41, 5.74) is 1.39. The van der Waals surface area contributed by atoms with E-state index >= 15 is 0 Å². The Morgan fingerprint density at radius 1 is 1.32 bits per heavy atom. The van der Waals surface area contributed by atoms with Crippen molar-refractivity contribution in [3.05, 3.63) is 28.2 Å². The molecule has 0 radical (unpaired) electrons. The van der Waals surface area contributed by atoms with E-state index < -0.39 is 0 Å². The number of nitrogens with one attached hydrogen (secondary N) is 1. The standard InChI is InChI=1S/C16H24BrNO/c1-2-11-19-16-9-6-13(12-15(16)17)5-3-4-10-18-14-7-8-14/h6,9,12,14,18H,2-5,7-8,10-11H2,1H3. The maximum Gasteiger partial charge on any atom is 0.133 e. The molecule has 0 heterocycles. The summed E-state index contributed by atoms with van der Waals surface area (Å²) in [5, 5.41) is 3.56. The van der Waals surface area contributed by atoms with Gasteiger partial charge in [0.1, 0.15) is 5.75 Å². The van der Waals surface area contributed by atoms with E-state index in [9.17, 15) is 0 Å². The van der Waals surface area contributed by atoms with Crippen LogP contribution in [0.15, 0.2) is 22.7 Å². The van der Waals surface area contributed by atoms with E-state index in [4.69, 9.17) is 4.74 Å². The van der Waals surface area contributed by atoms with E-state index in [1.807, 2.05) is 0 Å². The first-order valence-electron chi connectivity index (χ1n) is 7.44. The molecule has 2 rings (SSSR count). The molecule has 0 saturated heterocycles. The third-order valence-corrected chi connectivity index (χ3v) is 3.98. The van der Waals surface area contributed by atoms with Crippen LogP contribution in [0.25, 0.3) is 0 Å². The highest BCUT2D eigenvalue weighted by molar-refractivity contribution is 9.10. The highest BCUT2D eigenvalue weighted by Crippen LogP contribution is 2.26. The monoisotopic (exact) mass is 325 g/mol. The smallest absolute Gasteiger partial charge is 0.133 e. The van der Waals surface area contributed by atoms with Crippen LogP contribution in [-0.2, 0) is 6.42 Å². The number of unbranched alkanes of at least 4 members (excludes halogenated alkanes) is 1. The van der Waals surface area contributed by atoms with Crippen molar-refractivity contribution in [2.45, 2.75) is 51.5 Å². The fraction of sp³-hybridized carbons (Fsp3) is 0.625. The van der Waals surface area contributed by atoms with E-state index in [0.29, 0.717) is 0 Å². The summed E-state index contributed by atoms with van der Waals surface area (Å²) < 4.78 is 6.74. The van der Waals surface area contributed by atoms with E-state index in [1.165, 1.54) is 37.8 Å². The maximum absolute atomic E-state index is 5.66. The number of hydrogen-bond acceptors (Lipinski definition) is 2. The number of aryl methyl sites for hydroxylation is 1. The zero-order chi connectivity index (χ0) is 13.5. The van der Waals surface area contributed by atoms with Crippen LogP contribution in [0.2, 0.25) is 0 Å². The number of halogens is 1. The van der Waals surface area contributed by atoms with Gasteiger partial charge in [-0.1, -0.05) is 13.0 Å². The van der Waals surface area contributed by atoms with Gasteiger partial charge in [0, 0.05) is 6.04 Å².